The summed E-state index contributed by atoms with van der Waals surface area (Å²) in [7, 11) is -3.13. The Kier molecular flexibility index (Phi) is 4.40. The zero-order valence-corrected chi connectivity index (χ0v) is 11.5. The summed E-state index contributed by atoms with van der Waals surface area (Å²) in [5.74, 6) is 6.12. The topological polar surface area (TPSA) is 68.3 Å². The molecule has 5 nitrogen and oxygen atoms in total. The Bertz CT molecular complexity index is 581. The third-order valence-electron chi connectivity index (χ3n) is 2.65. The number of ether oxygens (including phenoxy) is 1. The molecule has 0 atom stereocenters. The van der Waals surface area contributed by atoms with Crippen molar-refractivity contribution < 1.29 is 13.2 Å². The maximum Gasteiger partial charge on any atom is 0.215 e. The highest BCUT2D eigenvalue weighted by Crippen LogP contribution is 2.27. The second-order valence-electron chi connectivity index (χ2n) is 4.34. The lowest BCUT2D eigenvalue weighted by Gasteiger charge is -2.01. The van der Waals surface area contributed by atoms with Crippen LogP contribution in [0.3, 0.4) is 0 Å². The van der Waals surface area contributed by atoms with Crippen molar-refractivity contribution in [3.05, 3.63) is 24.0 Å². The minimum Gasteiger partial charge on any atom is -0.479 e. The maximum absolute atomic E-state index is 11.5. The van der Waals surface area contributed by atoms with Crippen LogP contribution in [0.25, 0.3) is 0 Å². The van der Waals surface area contributed by atoms with Crippen molar-refractivity contribution in [3.8, 4) is 17.6 Å². The molecule has 1 saturated carbocycles. The Balaban J connectivity index is 1.68. The molecule has 0 amide bonds. The van der Waals surface area contributed by atoms with Gasteiger partial charge in [0.2, 0.25) is 10.0 Å². The smallest absolute Gasteiger partial charge is 0.215 e. The molecule has 0 unspecified atom stereocenters. The lowest BCUT2D eigenvalue weighted by Crippen LogP contribution is -2.27. The molecular formula is C13H16N2O3S. The van der Waals surface area contributed by atoms with Crippen LogP contribution in [-0.4, -0.2) is 31.8 Å². The summed E-state index contributed by atoms with van der Waals surface area (Å²) in [6.45, 7) is 2.25. The van der Waals surface area contributed by atoms with Crippen LogP contribution in [-0.2, 0) is 10.0 Å². The lowest BCUT2D eigenvalue weighted by atomic mass is 10.4. The molecule has 1 fully saturated rings. The molecule has 0 aromatic carbocycles. The molecule has 0 radical (unpaired) electrons. The molecule has 1 heterocycles. The first-order valence-corrected chi connectivity index (χ1v) is 7.62. The first kappa shape index (κ1) is 13.8. The molecule has 1 aromatic rings. The minimum absolute atomic E-state index is 0.133. The molecule has 1 aliphatic carbocycles. The quantitative estimate of drug-likeness (QED) is 0.812. The first-order valence-electron chi connectivity index (χ1n) is 6.07. The van der Waals surface area contributed by atoms with Crippen molar-refractivity contribution in [2.75, 3.05) is 13.2 Å². The Morgan fingerprint density at radius 1 is 1.42 bits per heavy atom. The summed E-state index contributed by atoms with van der Waals surface area (Å²) in [5, 5.41) is -0.204. The van der Waals surface area contributed by atoms with Gasteiger partial charge in [0, 0.05) is 5.69 Å². The highest BCUT2D eigenvalue weighted by Gasteiger charge is 2.34. The van der Waals surface area contributed by atoms with Gasteiger partial charge in [-0.05, 0) is 31.9 Å². The lowest BCUT2D eigenvalue weighted by molar-refractivity contribution is 0.368. The Morgan fingerprint density at radius 3 is 2.84 bits per heavy atom. The number of hydrogen-bond donors (Lipinski definition) is 1. The Labute approximate surface area is 113 Å². The van der Waals surface area contributed by atoms with E-state index >= 15 is 0 Å². The number of aryl methyl sites for hydroxylation is 1. The van der Waals surface area contributed by atoms with E-state index in [4.69, 9.17) is 4.74 Å². The Morgan fingerprint density at radius 2 is 2.21 bits per heavy atom. The summed E-state index contributed by atoms with van der Waals surface area (Å²) in [4.78, 5) is 4.09. The first-order chi connectivity index (χ1) is 9.08. The second kappa shape index (κ2) is 6.04. The van der Waals surface area contributed by atoms with E-state index in [1.165, 1.54) is 0 Å². The van der Waals surface area contributed by atoms with Gasteiger partial charge in [0.25, 0.3) is 0 Å². The standard InChI is InChI=1S/C13H16N2O3S/c1-11-4-5-12(10-14-11)18-9-3-2-8-15-19(16,17)13-6-7-13/h4-5,10,13,15H,6-9H2,1H3. The van der Waals surface area contributed by atoms with Gasteiger partial charge < -0.3 is 4.74 Å². The summed E-state index contributed by atoms with van der Waals surface area (Å²) in [6.07, 6.45) is 3.14. The molecule has 6 heteroatoms. The van der Waals surface area contributed by atoms with Crippen molar-refractivity contribution >= 4 is 10.0 Å². The fraction of sp³-hybridized carbons (Fsp3) is 0.462. The van der Waals surface area contributed by atoms with E-state index in [9.17, 15) is 8.42 Å². The van der Waals surface area contributed by atoms with Crippen molar-refractivity contribution in [3.63, 3.8) is 0 Å². The summed E-state index contributed by atoms with van der Waals surface area (Å²) in [5.41, 5.74) is 0.924. The van der Waals surface area contributed by atoms with Gasteiger partial charge in [-0.3, -0.25) is 4.98 Å². The molecular weight excluding hydrogens is 264 g/mol. The zero-order chi connectivity index (χ0) is 13.7. The van der Waals surface area contributed by atoms with Crippen LogP contribution < -0.4 is 9.46 Å². The number of aromatic nitrogens is 1. The van der Waals surface area contributed by atoms with Crippen LogP contribution in [0.1, 0.15) is 18.5 Å². The molecule has 1 aliphatic rings. The SMILES string of the molecule is Cc1ccc(OCC#CCNS(=O)(=O)C2CC2)cn1. The third kappa shape index (κ3) is 4.54. The average molecular weight is 280 g/mol. The van der Waals surface area contributed by atoms with Crippen molar-refractivity contribution in [2.24, 2.45) is 0 Å². The van der Waals surface area contributed by atoms with Gasteiger partial charge >= 0.3 is 0 Å². The second-order valence-corrected chi connectivity index (χ2v) is 6.39. The zero-order valence-electron chi connectivity index (χ0n) is 10.7. The van der Waals surface area contributed by atoms with E-state index in [2.05, 4.69) is 21.5 Å². The van der Waals surface area contributed by atoms with Crippen LogP contribution in [0.4, 0.5) is 0 Å². The van der Waals surface area contributed by atoms with Crippen LogP contribution in [0, 0.1) is 18.8 Å². The summed E-state index contributed by atoms with van der Waals surface area (Å²) >= 11 is 0. The van der Waals surface area contributed by atoms with E-state index in [0.717, 1.165) is 18.5 Å². The molecule has 0 spiro atoms. The van der Waals surface area contributed by atoms with Gasteiger partial charge in [-0.25, -0.2) is 13.1 Å². The summed E-state index contributed by atoms with van der Waals surface area (Å²) in [6, 6.07) is 3.67. The molecule has 102 valence electrons. The monoisotopic (exact) mass is 280 g/mol. The Hall–Kier alpha value is -1.58. The van der Waals surface area contributed by atoms with Gasteiger partial charge in [-0.15, -0.1) is 0 Å². The normalized spacial score (nSPS) is 14.6. The number of nitrogens with zero attached hydrogens (tertiary/aromatic N) is 1. The predicted octanol–water partition coefficient (Wildman–Crippen LogP) is 0.854. The van der Waals surface area contributed by atoms with Crippen LogP contribution in [0.15, 0.2) is 18.3 Å². The fourth-order valence-electron chi connectivity index (χ4n) is 1.41. The van der Waals surface area contributed by atoms with Crippen LogP contribution in [0.2, 0.25) is 0 Å². The van der Waals surface area contributed by atoms with Gasteiger partial charge in [0.15, 0.2) is 0 Å². The highest BCUT2D eigenvalue weighted by molar-refractivity contribution is 7.90. The van der Waals surface area contributed by atoms with E-state index in [1.54, 1.807) is 6.20 Å². The molecule has 2 rings (SSSR count). The average Bonchev–Trinajstić information content (AvgIpc) is 3.20. The van der Waals surface area contributed by atoms with Crippen LogP contribution in [0.5, 0.6) is 5.75 Å². The molecule has 0 saturated heterocycles. The van der Waals surface area contributed by atoms with Crippen molar-refractivity contribution in [2.45, 2.75) is 25.0 Å². The number of rotatable bonds is 5. The number of pyridine rings is 1. The van der Waals surface area contributed by atoms with E-state index in [0.29, 0.717) is 5.75 Å². The molecule has 0 aliphatic heterocycles. The molecule has 19 heavy (non-hydrogen) atoms. The van der Waals surface area contributed by atoms with Gasteiger partial charge in [-0.1, -0.05) is 11.8 Å². The van der Waals surface area contributed by atoms with Gasteiger partial charge in [0.1, 0.15) is 12.4 Å². The molecule has 0 bridgehead atoms. The summed E-state index contributed by atoms with van der Waals surface area (Å²) < 4.78 is 30.7. The third-order valence-corrected chi connectivity index (χ3v) is 4.54. The largest absolute Gasteiger partial charge is 0.479 e. The number of nitrogens with one attached hydrogen (secondary N) is 1. The van der Waals surface area contributed by atoms with Crippen LogP contribution >= 0.6 is 0 Å². The highest BCUT2D eigenvalue weighted by atomic mass is 32.2. The fourth-order valence-corrected chi connectivity index (χ4v) is 2.67. The van der Waals surface area contributed by atoms with Gasteiger partial charge in [-0.2, -0.15) is 0 Å². The van der Waals surface area contributed by atoms with Crippen molar-refractivity contribution in [1.29, 1.82) is 0 Å². The van der Waals surface area contributed by atoms with E-state index in [1.807, 2.05) is 19.1 Å². The predicted molar refractivity (Wildman–Crippen MR) is 72.2 cm³/mol. The van der Waals surface area contributed by atoms with E-state index in [-0.39, 0.29) is 18.4 Å². The van der Waals surface area contributed by atoms with Crippen molar-refractivity contribution in [1.82, 2.24) is 9.71 Å². The number of sulfonamides is 1. The number of hydrogen-bond acceptors (Lipinski definition) is 4. The molecule has 1 N–H and O–H groups in total. The van der Waals surface area contributed by atoms with Gasteiger partial charge in [0.05, 0.1) is 18.0 Å². The molecule has 1 aromatic heterocycles. The minimum atomic E-state index is -3.13. The van der Waals surface area contributed by atoms with E-state index < -0.39 is 10.0 Å². The maximum atomic E-state index is 11.5.